The fraction of sp³-hybridized carbons (Fsp3) is 0.455. The number of hydrogen-bond donors (Lipinski definition) is 2. The lowest BCUT2D eigenvalue weighted by atomic mass is 10.1. The summed E-state index contributed by atoms with van der Waals surface area (Å²) in [6.07, 6.45) is -5.03. The summed E-state index contributed by atoms with van der Waals surface area (Å²) in [4.78, 5) is 0. The van der Waals surface area contributed by atoms with Crippen molar-refractivity contribution in [3.63, 3.8) is 0 Å². The first-order valence-electron chi connectivity index (χ1n) is 5.03. The second kappa shape index (κ2) is 5.27. The lowest BCUT2D eigenvalue weighted by molar-refractivity contribution is -0.137. The van der Waals surface area contributed by atoms with Crippen LogP contribution in [0.15, 0.2) is 22.7 Å². The summed E-state index contributed by atoms with van der Waals surface area (Å²) in [5.41, 5.74) is -0.408. The SMILES string of the molecule is CC(O)C(C)Nc1cc(C(F)(F)F)ccc1Br. The van der Waals surface area contributed by atoms with Crippen LogP contribution >= 0.6 is 15.9 Å². The van der Waals surface area contributed by atoms with Crippen LogP contribution in [0.25, 0.3) is 0 Å². The third kappa shape index (κ3) is 3.89. The molecular weight excluding hydrogens is 299 g/mol. The second-order valence-corrected chi connectivity index (χ2v) is 4.72. The third-order valence-electron chi connectivity index (χ3n) is 2.40. The fourth-order valence-corrected chi connectivity index (χ4v) is 1.54. The molecule has 0 fully saturated rings. The molecule has 0 aliphatic heterocycles. The molecule has 0 saturated carbocycles. The fourth-order valence-electron chi connectivity index (χ4n) is 1.18. The Balaban J connectivity index is 2.99. The number of anilines is 1. The van der Waals surface area contributed by atoms with Crippen molar-refractivity contribution in [2.45, 2.75) is 32.2 Å². The molecule has 1 aromatic carbocycles. The molecule has 0 amide bonds. The number of rotatable bonds is 3. The highest BCUT2D eigenvalue weighted by atomic mass is 79.9. The first-order chi connectivity index (χ1) is 7.71. The Morgan fingerprint density at radius 2 is 1.88 bits per heavy atom. The molecule has 6 heteroatoms. The molecule has 2 unspecified atom stereocenters. The van der Waals surface area contributed by atoms with Crippen molar-refractivity contribution in [3.05, 3.63) is 28.2 Å². The topological polar surface area (TPSA) is 32.3 Å². The average Bonchev–Trinajstić information content (AvgIpc) is 2.19. The van der Waals surface area contributed by atoms with Gasteiger partial charge in [-0.25, -0.2) is 0 Å². The largest absolute Gasteiger partial charge is 0.416 e. The summed E-state index contributed by atoms with van der Waals surface area (Å²) in [6.45, 7) is 3.26. The van der Waals surface area contributed by atoms with Crippen molar-refractivity contribution in [2.75, 3.05) is 5.32 Å². The molecule has 1 aromatic rings. The molecule has 0 bridgehead atoms. The number of benzene rings is 1. The van der Waals surface area contributed by atoms with Crippen LogP contribution in [0.3, 0.4) is 0 Å². The minimum atomic E-state index is -4.37. The van der Waals surface area contributed by atoms with E-state index in [0.29, 0.717) is 10.2 Å². The van der Waals surface area contributed by atoms with E-state index in [1.54, 1.807) is 13.8 Å². The van der Waals surface area contributed by atoms with Gasteiger partial charge < -0.3 is 10.4 Å². The quantitative estimate of drug-likeness (QED) is 0.893. The molecule has 2 nitrogen and oxygen atoms in total. The predicted octanol–water partition coefficient (Wildman–Crippen LogP) is 3.65. The van der Waals surface area contributed by atoms with Crippen LogP contribution in [0.4, 0.5) is 18.9 Å². The van der Waals surface area contributed by atoms with Gasteiger partial charge in [0.2, 0.25) is 0 Å². The molecule has 0 radical (unpaired) electrons. The maximum absolute atomic E-state index is 12.5. The van der Waals surface area contributed by atoms with E-state index in [1.165, 1.54) is 6.07 Å². The molecule has 0 saturated heterocycles. The third-order valence-corrected chi connectivity index (χ3v) is 3.09. The Hall–Kier alpha value is -0.750. The molecule has 17 heavy (non-hydrogen) atoms. The summed E-state index contributed by atoms with van der Waals surface area (Å²) in [7, 11) is 0. The molecule has 1 rings (SSSR count). The van der Waals surface area contributed by atoms with Crippen LogP contribution in [0.1, 0.15) is 19.4 Å². The van der Waals surface area contributed by atoms with Crippen molar-refractivity contribution in [3.8, 4) is 0 Å². The van der Waals surface area contributed by atoms with Crippen LogP contribution in [0.5, 0.6) is 0 Å². The normalized spacial score (nSPS) is 15.5. The maximum atomic E-state index is 12.5. The number of alkyl halides is 3. The monoisotopic (exact) mass is 311 g/mol. The summed E-state index contributed by atoms with van der Waals surface area (Å²) in [5, 5.41) is 12.1. The lowest BCUT2D eigenvalue weighted by Gasteiger charge is -2.20. The van der Waals surface area contributed by atoms with Crippen LogP contribution in [-0.4, -0.2) is 17.3 Å². The molecule has 2 N–H and O–H groups in total. The first-order valence-corrected chi connectivity index (χ1v) is 5.82. The summed E-state index contributed by atoms with van der Waals surface area (Å²) in [5.74, 6) is 0. The molecule has 0 aliphatic rings. The van der Waals surface area contributed by atoms with Crippen molar-refractivity contribution in [1.29, 1.82) is 0 Å². The molecule has 0 aromatic heterocycles. The van der Waals surface area contributed by atoms with Gasteiger partial charge in [0, 0.05) is 16.2 Å². The van der Waals surface area contributed by atoms with Gasteiger partial charge in [0.15, 0.2) is 0 Å². The van der Waals surface area contributed by atoms with E-state index in [9.17, 15) is 18.3 Å². The zero-order chi connectivity index (χ0) is 13.2. The van der Waals surface area contributed by atoms with Crippen molar-refractivity contribution in [1.82, 2.24) is 0 Å². The number of aliphatic hydroxyl groups is 1. The highest BCUT2D eigenvalue weighted by Gasteiger charge is 2.31. The zero-order valence-corrected chi connectivity index (χ0v) is 10.9. The second-order valence-electron chi connectivity index (χ2n) is 3.87. The number of aliphatic hydroxyl groups excluding tert-OH is 1. The lowest BCUT2D eigenvalue weighted by Crippen LogP contribution is -2.28. The number of halogens is 4. The van der Waals surface area contributed by atoms with E-state index >= 15 is 0 Å². The van der Waals surface area contributed by atoms with Gasteiger partial charge in [-0.3, -0.25) is 0 Å². The van der Waals surface area contributed by atoms with E-state index in [0.717, 1.165) is 12.1 Å². The molecule has 2 atom stereocenters. The highest BCUT2D eigenvalue weighted by molar-refractivity contribution is 9.10. The molecule has 0 spiro atoms. The van der Waals surface area contributed by atoms with E-state index in [-0.39, 0.29) is 6.04 Å². The highest BCUT2D eigenvalue weighted by Crippen LogP contribution is 2.34. The Labute approximate surface area is 106 Å². The predicted molar refractivity (Wildman–Crippen MR) is 63.9 cm³/mol. The molecule has 96 valence electrons. The van der Waals surface area contributed by atoms with Crippen molar-refractivity contribution in [2.24, 2.45) is 0 Å². The Morgan fingerprint density at radius 1 is 1.29 bits per heavy atom. The van der Waals surface area contributed by atoms with Crippen LogP contribution < -0.4 is 5.32 Å². The van der Waals surface area contributed by atoms with Crippen LogP contribution in [-0.2, 0) is 6.18 Å². The van der Waals surface area contributed by atoms with Crippen LogP contribution in [0.2, 0.25) is 0 Å². The molecule has 0 heterocycles. The van der Waals surface area contributed by atoms with Gasteiger partial charge in [0.1, 0.15) is 0 Å². The summed E-state index contributed by atoms with van der Waals surface area (Å²) >= 11 is 3.16. The van der Waals surface area contributed by atoms with Crippen molar-refractivity contribution >= 4 is 21.6 Å². The summed E-state index contributed by atoms with van der Waals surface area (Å²) in [6, 6.07) is 3.01. The van der Waals surface area contributed by atoms with Gasteiger partial charge in [-0.05, 0) is 48.0 Å². The van der Waals surface area contributed by atoms with E-state index in [1.807, 2.05) is 0 Å². The van der Waals surface area contributed by atoms with Gasteiger partial charge in [-0.2, -0.15) is 13.2 Å². The number of nitrogens with one attached hydrogen (secondary N) is 1. The van der Waals surface area contributed by atoms with E-state index < -0.39 is 17.8 Å². The summed E-state index contributed by atoms with van der Waals surface area (Å²) < 4.78 is 38.0. The Kier molecular flexibility index (Phi) is 4.43. The standard InChI is InChI=1S/C11H13BrF3NO/c1-6(7(2)17)16-10-5-8(11(13,14)15)3-4-9(10)12/h3-7,16-17H,1-2H3. The van der Waals surface area contributed by atoms with Gasteiger partial charge in [0.25, 0.3) is 0 Å². The van der Waals surface area contributed by atoms with E-state index in [2.05, 4.69) is 21.2 Å². The van der Waals surface area contributed by atoms with E-state index in [4.69, 9.17) is 0 Å². The smallest absolute Gasteiger partial charge is 0.391 e. The van der Waals surface area contributed by atoms with Gasteiger partial charge in [0.05, 0.1) is 11.7 Å². The average molecular weight is 312 g/mol. The minimum Gasteiger partial charge on any atom is -0.391 e. The van der Waals surface area contributed by atoms with Gasteiger partial charge in [-0.1, -0.05) is 0 Å². The Bertz CT molecular complexity index is 393. The molecular formula is C11H13BrF3NO. The van der Waals surface area contributed by atoms with Gasteiger partial charge in [-0.15, -0.1) is 0 Å². The zero-order valence-electron chi connectivity index (χ0n) is 9.35. The van der Waals surface area contributed by atoms with Gasteiger partial charge >= 0.3 is 6.18 Å². The minimum absolute atomic E-state index is 0.313. The maximum Gasteiger partial charge on any atom is 0.416 e. The molecule has 0 aliphatic carbocycles. The Morgan fingerprint density at radius 3 is 2.35 bits per heavy atom. The van der Waals surface area contributed by atoms with Crippen LogP contribution in [0, 0.1) is 0 Å². The number of hydrogen-bond acceptors (Lipinski definition) is 2. The van der Waals surface area contributed by atoms with Crippen molar-refractivity contribution < 1.29 is 18.3 Å². The first kappa shape index (κ1) is 14.3.